The number of nitrogens with one attached hydrogen (secondary N) is 3. The van der Waals surface area contributed by atoms with E-state index in [0.717, 1.165) is 29.7 Å². The largest absolute Gasteiger partial charge is 0.345 e. The zero-order valence-corrected chi connectivity index (χ0v) is 21.6. The lowest BCUT2D eigenvalue weighted by molar-refractivity contribution is 0.387. The molecule has 4 aromatic rings. The molecule has 0 bridgehead atoms. The first-order valence-corrected chi connectivity index (χ1v) is 13.6. The minimum Gasteiger partial charge on any atom is -0.345 e. The summed E-state index contributed by atoms with van der Waals surface area (Å²) >= 11 is 6.41. The maximum atomic E-state index is 12.5. The number of hydrogen-bond donors (Lipinski definition) is 3. The molecule has 1 aliphatic rings. The molecule has 1 saturated carbocycles. The van der Waals surface area contributed by atoms with E-state index in [9.17, 15) is 8.42 Å². The summed E-state index contributed by atoms with van der Waals surface area (Å²) in [5, 5.41) is 7.58. The van der Waals surface area contributed by atoms with Crippen LogP contribution in [0.4, 0.5) is 28.8 Å². The van der Waals surface area contributed by atoms with Crippen molar-refractivity contribution in [3.05, 3.63) is 65.9 Å². The number of aromatic nitrogens is 3. The number of halogens is 1. The Morgan fingerprint density at radius 2 is 1.78 bits per heavy atom. The average molecular weight is 526 g/mol. The Morgan fingerprint density at radius 1 is 1.03 bits per heavy atom. The van der Waals surface area contributed by atoms with Crippen LogP contribution in [-0.4, -0.2) is 53.7 Å². The van der Waals surface area contributed by atoms with Crippen LogP contribution in [0.5, 0.6) is 0 Å². The molecule has 0 spiro atoms. The van der Waals surface area contributed by atoms with Gasteiger partial charge in [0.05, 0.1) is 34.0 Å². The topological polar surface area (TPSA) is 104 Å². The number of anilines is 5. The van der Waals surface area contributed by atoms with E-state index in [1.165, 1.54) is 6.20 Å². The van der Waals surface area contributed by atoms with E-state index < -0.39 is 10.0 Å². The van der Waals surface area contributed by atoms with E-state index in [1.54, 1.807) is 18.2 Å². The van der Waals surface area contributed by atoms with Crippen LogP contribution < -0.4 is 15.4 Å². The molecule has 0 unspecified atom stereocenters. The summed E-state index contributed by atoms with van der Waals surface area (Å²) in [7, 11) is 0.686. The first-order chi connectivity index (χ1) is 17.3. The van der Waals surface area contributed by atoms with E-state index in [-0.39, 0.29) is 5.25 Å². The Bertz CT molecular complexity index is 1500. The summed E-state index contributed by atoms with van der Waals surface area (Å²) in [5.74, 6) is 0.730. The van der Waals surface area contributed by atoms with Gasteiger partial charge >= 0.3 is 0 Å². The second-order valence-electron chi connectivity index (χ2n) is 9.09. The van der Waals surface area contributed by atoms with Crippen molar-refractivity contribution in [2.45, 2.75) is 24.6 Å². The molecule has 11 heteroatoms. The summed E-state index contributed by atoms with van der Waals surface area (Å²) in [6, 6.07) is 15.2. The second-order valence-corrected chi connectivity index (χ2v) is 11.5. The van der Waals surface area contributed by atoms with Gasteiger partial charge in [0.15, 0.2) is 5.82 Å². The predicted octanol–water partition coefficient (Wildman–Crippen LogP) is 5.04. The molecule has 0 saturated heterocycles. The quantitative estimate of drug-likeness (QED) is 0.266. The molecule has 3 N–H and O–H groups in total. The number of fused-ring (bicyclic) bond motifs is 1. The standard InChI is InChI=1S/C25H28ClN7O2S/c1-32(2)14-15-33-13-12-17-6-5-9-22(23(17)33)29-25-27-16-19(26)24(30-25)28-20-7-3-4-8-21(20)31-36(34,35)18-10-11-18/h3-9,12-13,16,18,31H,10-11,14-15H2,1-2H3,(H2,27,28,29,30). The smallest absolute Gasteiger partial charge is 0.235 e. The fourth-order valence-corrected chi connectivity index (χ4v) is 5.46. The molecule has 2 aromatic heterocycles. The van der Waals surface area contributed by atoms with E-state index in [2.05, 4.69) is 67.2 Å². The van der Waals surface area contributed by atoms with Gasteiger partial charge in [0.1, 0.15) is 5.02 Å². The molecule has 1 fully saturated rings. The number of sulfonamides is 1. The lowest BCUT2D eigenvalue weighted by atomic mass is 10.2. The Hall–Kier alpha value is -3.34. The van der Waals surface area contributed by atoms with Crippen molar-refractivity contribution >= 4 is 61.4 Å². The van der Waals surface area contributed by atoms with Crippen LogP contribution in [0.3, 0.4) is 0 Å². The maximum absolute atomic E-state index is 12.5. The van der Waals surface area contributed by atoms with Crippen LogP contribution in [0.1, 0.15) is 12.8 Å². The molecule has 0 aliphatic heterocycles. The normalized spacial score (nSPS) is 13.8. The van der Waals surface area contributed by atoms with Gasteiger partial charge in [0.25, 0.3) is 0 Å². The number of para-hydroxylation sites is 3. The highest BCUT2D eigenvalue weighted by Gasteiger charge is 2.36. The van der Waals surface area contributed by atoms with Crippen LogP contribution in [-0.2, 0) is 16.6 Å². The minimum absolute atomic E-state index is 0.313. The van der Waals surface area contributed by atoms with Crippen LogP contribution >= 0.6 is 11.6 Å². The Labute approximate surface area is 215 Å². The minimum atomic E-state index is -3.42. The van der Waals surface area contributed by atoms with Gasteiger partial charge in [0, 0.05) is 24.7 Å². The van der Waals surface area contributed by atoms with Crippen LogP contribution in [0.2, 0.25) is 5.02 Å². The third kappa shape index (κ3) is 5.40. The van der Waals surface area contributed by atoms with Crippen LogP contribution in [0.25, 0.3) is 10.9 Å². The monoisotopic (exact) mass is 525 g/mol. The molecule has 188 valence electrons. The van der Waals surface area contributed by atoms with Gasteiger partial charge in [0.2, 0.25) is 16.0 Å². The maximum Gasteiger partial charge on any atom is 0.235 e. The fraction of sp³-hybridized carbons (Fsp3) is 0.280. The highest BCUT2D eigenvalue weighted by molar-refractivity contribution is 7.93. The summed E-state index contributed by atoms with van der Waals surface area (Å²) in [6.45, 7) is 1.75. The molecular formula is C25H28ClN7O2S. The molecule has 9 nitrogen and oxygen atoms in total. The van der Waals surface area contributed by atoms with Crippen LogP contribution in [0.15, 0.2) is 60.9 Å². The van der Waals surface area contributed by atoms with Crippen molar-refractivity contribution in [1.82, 2.24) is 19.4 Å². The summed E-state index contributed by atoms with van der Waals surface area (Å²) in [6.07, 6.45) is 4.96. The van der Waals surface area contributed by atoms with Gasteiger partial charge in [-0.2, -0.15) is 4.98 Å². The van der Waals surface area contributed by atoms with Gasteiger partial charge in [-0.25, -0.2) is 13.4 Å². The zero-order valence-electron chi connectivity index (χ0n) is 20.1. The molecule has 2 aromatic carbocycles. The molecule has 1 aliphatic carbocycles. The molecule has 0 atom stereocenters. The average Bonchev–Trinajstić information content (AvgIpc) is 3.63. The third-order valence-corrected chi connectivity index (χ3v) is 8.09. The van der Waals surface area contributed by atoms with Crippen molar-refractivity contribution in [3.63, 3.8) is 0 Å². The lowest BCUT2D eigenvalue weighted by Gasteiger charge is -2.16. The van der Waals surface area contributed by atoms with E-state index in [1.807, 2.05) is 18.2 Å². The SMILES string of the molecule is CN(C)CCn1ccc2cccc(Nc3ncc(Cl)c(Nc4ccccc4NS(=O)(=O)C4CC4)n3)c21. The molecule has 0 radical (unpaired) electrons. The Kier molecular flexibility index (Phi) is 6.74. The lowest BCUT2D eigenvalue weighted by Crippen LogP contribution is -2.18. The van der Waals surface area contributed by atoms with Crippen molar-refractivity contribution in [3.8, 4) is 0 Å². The van der Waals surface area contributed by atoms with Crippen LogP contribution in [0, 0.1) is 0 Å². The number of hydrogen-bond acceptors (Lipinski definition) is 7. The van der Waals surface area contributed by atoms with Crippen molar-refractivity contribution in [2.75, 3.05) is 36.0 Å². The van der Waals surface area contributed by atoms with Crippen molar-refractivity contribution < 1.29 is 8.42 Å². The first-order valence-electron chi connectivity index (χ1n) is 11.7. The van der Waals surface area contributed by atoms with E-state index in [4.69, 9.17) is 11.6 Å². The van der Waals surface area contributed by atoms with E-state index >= 15 is 0 Å². The Balaban J connectivity index is 1.41. The number of benzene rings is 2. The Morgan fingerprint density at radius 3 is 2.53 bits per heavy atom. The fourth-order valence-electron chi connectivity index (χ4n) is 3.92. The molecule has 5 rings (SSSR count). The number of nitrogens with zero attached hydrogens (tertiary/aromatic N) is 4. The molecule has 36 heavy (non-hydrogen) atoms. The van der Waals surface area contributed by atoms with Gasteiger partial charge in [-0.15, -0.1) is 0 Å². The summed E-state index contributed by atoms with van der Waals surface area (Å²) in [5.41, 5.74) is 2.93. The summed E-state index contributed by atoms with van der Waals surface area (Å²) in [4.78, 5) is 11.1. The molecule has 2 heterocycles. The molecular weight excluding hydrogens is 498 g/mol. The van der Waals surface area contributed by atoms with Gasteiger partial charge in [-0.3, -0.25) is 4.72 Å². The highest BCUT2D eigenvalue weighted by atomic mass is 35.5. The highest BCUT2D eigenvalue weighted by Crippen LogP contribution is 2.34. The third-order valence-electron chi connectivity index (χ3n) is 5.96. The van der Waals surface area contributed by atoms with Crippen molar-refractivity contribution in [2.24, 2.45) is 0 Å². The first kappa shape index (κ1) is 24.4. The zero-order chi connectivity index (χ0) is 25.3. The number of likely N-dealkylation sites (N-methyl/N-ethyl adjacent to an activating group) is 1. The van der Waals surface area contributed by atoms with Gasteiger partial charge < -0.3 is 20.1 Å². The summed E-state index contributed by atoms with van der Waals surface area (Å²) < 4.78 is 29.9. The second kappa shape index (κ2) is 9.96. The predicted molar refractivity (Wildman–Crippen MR) is 146 cm³/mol. The molecule has 0 amide bonds. The number of rotatable bonds is 10. The van der Waals surface area contributed by atoms with Gasteiger partial charge in [-0.05, 0) is 51.2 Å². The van der Waals surface area contributed by atoms with E-state index in [0.29, 0.717) is 41.0 Å². The van der Waals surface area contributed by atoms with Crippen molar-refractivity contribution in [1.29, 1.82) is 0 Å². The van der Waals surface area contributed by atoms with Gasteiger partial charge in [-0.1, -0.05) is 35.9 Å².